The van der Waals surface area contributed by atoms with Gasteiger partial charge in [-0.25, -0.2) is 0 Å². The van der Waals surface area contributed by atoms with Crippen LogP contribution in [-0.4, -0.2) is 12.2 Å². The lowest BCUT2D eigenvalue weighted by Crippen LogP contribution is -2.41. The van der Waals surface area contributed by atoms with Crippen LogP contribution in [0.15, 0.2) is 0 Å². The zero-order valence-corrected chi connectivity index (χ0v) is 18.0. The Morgan fingerprint density at radius 1 is 0.609 bits per heavy atom. The van der Waals surface area contributed by atoms with E-state index in [1.807, 2.05) is 0 Å². The van der Waals surface area contributed by atoms with E-state index < -0.39 is 0 Å². The molecule has 0 bridgehead atoms. The molecule has 2 unspecified atom stereocenters. The predicted octanol–water partition coefficient (Wildman–Crippen LogP) is 7.49. The standard InChI is InChI=1S/C22H46O/c1-11-21(7,8)19(15-13-17(3)4)23-20(16-14-18(5)6)22(9,10)12-2/h17-20H,11-16H2,1-10H3. The van der Waals surface area contributed by atoms with Gasteiger partial charge in [0.2, 0.25) is 0 Å². The first kappa shape index (κ1) is 23.0. The number of hydrogen-bond acceptors (Lipinski definition) is 1. The second kappa shape index (κ2) is 10.1. The summed E-state index contributed by atoms with van der Waals surface area (Å²) in [6, 6.07) is 0. The zero-order valence-electron chi connectivity index (χ0n) is 18.0. The fourth-order valence-corrected chi connectivity index (χ4v) is 2.91. The summed E-state index contributed by atoms with van der Waals surface area (Å²) in [5.41, 5.74) is 0.517. The monoisotopic (exact) mass is 326 g/mol. The minimum Gasteiger partial charge on any atom is -0.374 e. The molecule has 0 aromatic rings. The Labute approximate surface area is 148 Å². The van der Waals surface area contributed by atoms with Gasteiger partial charge in [-0.1, -0.05) is 69.2 Å². The van der Waals surface area contributed by atoms with Crippen molar-refractivity contribution in [2.24, 2.45) is 22.7 Å². The summed E-state index contributed by atoms with van der Waals surface area (Å²) < 4.78 is 6.86. The summed E-state index contributed by atoms with van der Waals surface area (Å²) >= 11 is 0. The van der Waals surface area contributed by atoms with E-state index >= 15 is 0 Å². The van der Waals surface area contributed by atoms with Gasteiger partial charge in [-0.15, -0.1) is 0 Å². The van der Waals surface area contributed by atoms with E-state index in [1.54, 1.807) is 0 Å². The molecule has 23 heavy (non-hydrogen) atoms. The molecule has 0 amide bonds. The molecule has 0 aliphatic rings. The average molecular weight is 327 g/mol. The first-order chi connectivity index (χ1) is 10.5. The van der Waals surface area contributed by atoms with E-state index in [1.165, 1.54) is 38.5 Å². The molecule has 0 aliphatic heterocycles. The Morgan fingerprint density at radius 2 is 0.913 bits per heavy atom. The first-order valence-electron chi connectivity index (χ1n) is 10.1. The molecule has 0 aromatic carbocycles. The maximum absolute atomic E-state index is 6.86. The quantitative estimate of drug-likeness (QED) is 0.361. The van der Waals surface area contributed by atoms with Crippen molar-refractivity contribution < 1.29 is 4.74 Å². The van der Waals surface area contributed by atoms with Gasteiger partial charge in [0.15, 0.2) is 0 Å². The van der Waals surface area contributed by atoms with Crippen LogP contribution in [0.1, 0.15) is 108 Å². The number of ether oxygens (including phenoxy) is 1. The van der Waals surface area contributed by atoms with Crippen molar-refractivity contribution in [1.82, 2.24) is 0 Å². The predicted molar refractivity (Wildman–Crippen MR) is 105 cm³/mol. The van der Waals surface area contributed by atoms with Crippen LogP contribution in [0.4, 0.5) is 0 Å². The lowest BCUT2D eigenvalue weighted by Gasteiger charge is -2.42. The van der Waals surface area contributed by atoms with Crippen molar-refractivity contribution >= 4 is 0 Å². The van der Waals surface area contributed by atoms with Gasteiger partial charge in [-0.3, -0.25) is 0 Å². The van der Waals surface area contributed by atoms with Crippen molar-refractivity contribution in [1.29, 1.82) is 0 Å². The van der Waals surface area contributed by atoms with E-state index in [9.17, 15) is 0 Å². The van der Waals surface area contributed by atoms with Crippen LogP contribution in [0.3, 0.4) is 0 Å². The van der Waals surface area contributed by atoms with E-state index in [-0.39, 0.29) is 10.8 Å². The van der Waals surface area contributed by atoms with E-state index in [0.29, 0.717) is 12.2 Å². The molecule has 0 saturated heterocycles. The molecule has 2 atom stereocenters. The van der Waals surface area contributed by atoms with Crippen LogP contribution in [0.25, 0.3) is 0 Å². The molecule has 0 aromatic heterocycles. The third-order valence-electron chi connectivity index (χ3n) is 5.91. The van der Waals surface area contributed by atoms with Crippen molar-refractivity contribution in [3.05, 3.63) is 0 Å². The highest BCUT2D eigenvalue weighted by atomic mass is 16.5. The molecule has 1 heteroatoms. The van der Waals surface area contributed by atoms with Crippen LogP contribution in [0, 0.1) is 22.7 Å². The van der Waals surface area contributed by atoms with E-state index in [0.717, 1.165) is 11.8 Å². The van der Waals surface area contributed by atoms with Gasteiger partial charge in [0.05, 0.1) is 12.2 Å². The Bertz CT molecular complexity index is 271. The molecule has 140 valence electrons. The molecule has 1 nitrogen and oxygen atoms in total. The minimum absolute atomic E-state index is 0.259. The van der Waals surface area contributed by atoms with Crippen LogP contribution in [-0.2, 0) is 4.74 Å². The third kappa shape index (κ3) is 8.57. The molecule has 0 radical (unpaired) electrons. The molecule has 0 spiro atoms. The summed E-state index contributed by atoms with van der Waals surface area (Å²) in [5.74, 6) is 1.50. The second-order valence-corrected chi connectivity index (χ2v) is 9.74. The molecule has 0 aliphatic carbocycles. The summed E-state index contributed by atoms with van der Waals surface area (Å²) in [7, 11) is 0. The fourth-order valence-electron chi connectivity index (χ4n) is 2.91. The zero-order chi connectivity index (χ0) is 18.3. The number of hydrogen-bond donors (Lipinski definition) is 0. The van der Waals surface area contributed by atoms with Gasteiger partial charge in [-0.05, 0) is 61.2 Å². The van der Waals surface area contributed by atoms with Crippen LogP contribution >= 0.6 is 0 Å². The van der Waals surface area contributed by atoms with E-state index in [4.69, 9.17) is 4.74 Å². The molecular weight excluding hydrogens is 280 g/mol. The molecule has 0 N–H and O–H groups in total. The SMILES string of the molecule is CCC(C)(C)C(CCC(C)C)OC(CCC(C)C)C(C)(C)CC. The van der Waals surface area contributed by atoms with Gasteiger partial charge in [0.1, 0.15) is 0 Å². The number of rotatable bonds is 12. The van der Waals surface area contributed by atoms with E-state index in [2.05, 4.69) is 69.2 Å². The maximum Gasteiger partial charge on any atom is 0.0630 e. The largest absolute Gasteiger partial charge is 0.374 e. The Balaban J connectivity index is 5.15. The summed E-state index contributed by atoms with van der Waals surface area (Å²) in [6.45, 7) is 23.4. The Hall–Kier alpha value is -0.0400. The molecular formula is C22H46O. The Morgan fingerprint density at radius 3 is 1.13 bits per heavy atom. The highest BCUT2D eigenvalue weighted by Crippen LogP contribution is 2.38. The second-order valence-electron chi connectivity index (χ2n) is 9.74. The van der Waals surface area contributed by atoms with Crippen LogP contribution in [0.2, 0.25) is 0 Å². The molecule has 0 fully saturated rings. The van der Waals surface area contributed by atoms with Gasteiger partial charge in [-0.2, -0.15) is 0 Å². The smallest absolute Gasteiger partial charge is 0.0630 e. The maximum atomic E-state index is 6.86. The minimum atomic E-state index is 0.259. The Kier molecular flexibility index (Phi) is 10.0. The fraction of sp³-hybridized carbons (Fsp3) is 1.00. The van der Waals surface area contributed by atoms with Gasteiger partial charge in [0.25, 0.3) is 0 Å². The van der Waals surface area contributed by atoms with Gasteiger partial charge in [0, 0.05) is 0 Å². The topological polar surface area (TPSA) is 9.23 Å². The van der Waals surface area contributed by atoms with Crippen molar-refractivity contribution in [3.63, 3.8) is 0 Å². The first-order valence-corrected chi connectivity index (χ1v) is 10.1. The highest BCUT2D eigenvalue weighted by molar-refractivity contribution is 4.84. The van der Waals surface area contributed by atoms with Crippen LogP contribution < -0.4 is 0 Å². The van der Waals surface area contributed by atoms with Crippen molar-refractivity contribution in [3.8, 4) is 0 Å². The lowest BCUT2D eigenvalue weighted by molar-refractivity contribution is -0.125. The van der Waals surface area contributed by atoms with Gasteiger partial charge < -0.3 is 4.74 Å². The van der Waals surface area contributed by atoms with Crippen molar-refractivity contribution in [2.75, 3.05) is 0 Å². The molecule has 0 rings (SSSR count). The lowest BCUT2D eigenvalue weighted by atomic mass is 9.78. The van der Waals surface area contributed by atoms with Gasteiger partial charge >= 0.3 is 0 Å². The highest BCUT2D eigenvalue weighted by Gasteiger charge is 2.36. The average Bonchev–Trinajstić information content (AvgIpc) is 2.45. The summed E-state index contributed by atoms with van der Waals surface area (Å²) in [6.07, 6.45) is 8.01. The summed E-state index contributed by atoms with van der Waals surface area (Å²) in [5, 5.41) is 0. The van der Waals surface area contributed by atoms with Crippen LogP contribution in [0.5, 0.6) is 0 Å². The third-order valence-corrected chi connectivity index (χ3v) is 5.91. The molecule has 0 saturated carbocycles. The normalized spacial score (nSPS) is 16.2. The summed E-state index contributed by atoms with van der Waals surface area (Å²) in [4.78, 5) is 0. The van der Waals surface area contributed by atoms with Crippen molar-refractivity contribution in [2.45, 2.75) is 120 Å². The molecule has 0 heterocycles.